The predicted octanol–water partition coefficient (Wildman–Crippen LogP) is 2.09. The van der Waals surface area contributed by atoms with Crippen molar-refractivity contribution in [3.8, 4) is 0 Å². The summed E-state index contributed by atoms with van der Waals surface area (Å²) in [7, 11) is 0. The summed E-state index contributed by atoms with van der Waals surface area (Å²) in [6.45, 7) is 7.15. The van der Waals surface area contributed by atoms with E-state index in [9.17, 15) is 10.1 Å². The molecule has 1 aromatic carbocycles. The van der Waals surface area contributed by atoms with E-state index in [4.69, 9.17) is 0 Å². The molecule has 0 amide bonds. The Hall–Kier alpha value is -1.46. The summed E-state index contributed by atoms with van der Waals surface area (Å²) >= 11 is 0. The highest BCUT2D eigenvalue weighted by Gasteiger charge is 2.40. The Labute approximate surface area is 119 Å². The second-order valence-corrected chi connectivity index (χ2v) is 6.21. The molecular weight excluding hydrogens is 254 g/mol. The van der Waals surface area contributed by atoms with E-state index in [1.807, 2.05) is 13.0 Å². The number of hydrogen-bond donors (Lipinski definition) is 1. The quantitative estimate of drug-likeness (QED) is 0.678. The SMILES string of the molecule is Cc1c(CN2CCC3(CCNC3)C2)cccc1[N+](=O)[O-]. The lowest BCUT2D eigenvalue weighted by atomic mass is 9.86. The molecule has 2 aliphatic heterocycles. The number of likely N-dealkylation sites (tertiary alicyclic amines) is 1. The maximum Gasteiger partial charge on any atom is 0.272 e. The van der Waals surface area contributed by atoms with Crippen molar-refractivity contribution in [2.24, 2.45) is 5.41 Å². The van der Waals surface area contributed by atoms with Crippen molar-refractivity contribution in [3.05, 3.63) is 39.4 Å². The molecule has 1 spiro atoms. The number of hydrogen-bond acceptors (Lipinski definition) is 4. The number of nitro benzene ring substituents is 1. The molecule has 2 heterocycles. The van der Waals surface area contributed by atoms with Crippen LogP contribution in [0.5, 0.6) is 0 Å². The summed E-state index contributed by atoms with van der Waals surface area (Å²) in [5, 5.41) is 14.5. The normalized spacial score (nSPS) is 26.4. The van der Waals surface area contributed by atoms with Crippen LogP contribution in [0.1, 0.15) is 24.0 Å². The molecule has 2 fully saturated rings. The first-order valence-corrected chi connectivity index (χ1v) is 7.26. The molecule has 3 rings (SSSR count). The van der Waals surface area contributed by atoms with Crippen LogP contribution in [0.2, 0.25) is 0 Å². The van der Waals surface area contributed by atoms with Crippen molar-refractivity contribution in [1.29, 1.82) is 0 Å². The van der Waals surface area contributed by atoms with E-state index in [2.05, 4.69) is 10.2 Å². The van der Waals surface area contributed by atoms with Crippen LogP contribution in [0.25, 0.3) is 0 Å². The summed E-state index contributed by atoms with van der Waals surface area (Å²) in [4.78, 5) is 13.2. The molecule has 5 heteroatoms. The van der Waals surface area contributed by atoms with E-state index in [-0.39, 0.29) is 10.6 Å². The Morgan fingerprint density at radius 3 is 3.00 bits per heavy atom. The zero-order valence-corrected chi connectivity index (χ0v) is 11.9. The van der Waals surface area contributed by atoms with Gasteiger partial charge < -0.3 is 5.32 Å². The molecule has 0 radical (unpaired) electrons. The lowest BCUT2D eigenvalue weighted by Crippen LogP contribution is -2.29. The molecule has 5 nitrogen and oxygen atoms in total. The van der Waals surface area contributed by atoms with Crippen LogP contribution in [0, 0.1) is 22.5 Å². The maximum atomic E-state index is 11.0. The molecule has 0 aliphatic carbocycles. The number of rotatable bonds is 3. The lowest BCUT2D eigenvalue weighted by Gasteiger charge is -2.23. The summed E-state index contributed by atoms with van der Waals surface area (Å²) in [5.41, 5.74) is 2.58. The Morgan fingerprint density at radius 2 is 2.30 bits per heavy atom. The largest absolute Gasteiger partial charge is 0.316 e. The highest BCUT2D eigenvalue weighted by molar-refractivity contribution is 5.44. The molecule has 1 N–H and O–H groups in total. The maximum absolute atomic E-state index is 11.0. The highest BCUT2D eigenvalue weighted by atomic mass is 16.6. The minimum absolute atomic E-state index is 0.235. The van der Waals surface area contributed by atoms with Gasteiger partial charge in [-0.3, -0.25) is 15.0 Å². The van der Waals surface area contributed by atoms with Gasteiger partial charge in [0.25, 0.3) is 5.69 Å². The van der Waals surface area contributed by atoms with Gasteiger partial charge in [-0.1, -0.05) is 12.1 Å². The van der Waals surface area contributed by atoms with Crippen LogP contribution in [-0.4, -0.2) is 36.0 Å². The van der Waals surface area contributed by atoms with Crippen molar-refractivity contribution in [1.82, 2.24) is 10.2 Å². The molecule has 0 aromatic heterocycles. The molecule has 1 atom stereocenters. The van der Waals surface area contributed by atoms with Gasteiger partial charge in [0.2, 0.25) is 0 Å². The fourth-order valence-corrected chi connectivity index (χ4v) is 3.59. The van der Waals surface area contributed by atoms with Gasteiger partial charge >= 0.3 is 0 Å². The standard InChI is InChI=1S/C15H21N3O2/c1-12-13(3-2-4-14(12)18(19)20)9-17-8-6-15(11-17)5-7-16-10-15/h2-4,16H,5-11H2,1H3. The van der Waals surface area contributed by atoms with Gasteiger partial charge in [-0.2, -0.15) is 0 Å². The average molecular weight is 275 g/mol. The Kier molecular flexibility index (Phi) is 3.48. The molecule has 1 unspecified atom stereocenters. The van der Waals surface area contributed by atoms with Gasteiger partial charge in [0.1, 0.15) is 0 Å². The summed E-state index contributed by atoms with van der Waals surface area (Å²) in [6, 6.07) is 5.40. The predicted molar refractivity (Wildman–Crippen MR) is 77.6 cm³/mol. The van der Waals surface area contributed by atoms with Crippen LogP contribution in [0.3, 0.4) is 0 Å². The smallest absolute Gasteiger partial charge is 0.272 e. The molecule has 2 saturated heterocycles. The first-order valence-electron chi connectivity index (χ1n) is 7.26. The highest BCUT2D eigenvalue weighted by Crippen LogP contribution is 2.37. The van der Waals surface area contributed by atoms with Gasteiger partial charge in [-0.15, -0.1) is 0 Å². The van der Waals surface area contributed by atoms with Gasteiger partial charge in [0.05, 0.1) is 4.92 Å². The van der Waals surface area contributed by atoms with E-state index in [1.165, 1.54) is 12.8 Å². The van der Waals surface area contributed by atoms with Crippen molar-refractivity contribution in [2.75, 3.05) is 26.2 Å². The van der Waals surface area contributed by atoms with Crippen LogP contribution < -0.4 is 5.32 Å². The van der Waals surface area contributed by atoms with Gasteiger partial charge in [-0.05, 0) is 43.8 Å². The lowest BCUT2D eigenvalue weighted by molar-refractivity contribution is -0.385. The monoisotopic (exact) mass is 275 g/mol. The number of nitrogens with zero attached hydrogens (tertiary/aromatic N) is 2. The third-order valence-electron chi connectivity index (χ3n) is 4.86. The molecule has 0 saturated carbocycles. The van der Waals surface area contributed by atoms with E-state index in [1.54, 1.807) is 12.1 Å². The second kappa shape index (κ2) is 5.14. The number of nitro groups is 1. The van der Waals surface area contributed by atoms with Gasteiger partial charge in [0, 0.05) is 31.3 Å². The first-order chi connectivity index (χ1) is 9.60. The third kappa shape index (κ3) is 2.43. The molecule has 20 heavy (non-hydrogen) atoms. The van der Waals surface area contributed by atoms with Crippen LogP contribution >= 0.6 is 0 Å². The van der Waals surface area contributed by atoms with E-state index in [0.717, 1.165) is 43.9 Å². The van der Waals surface area contributed by atoms with E-state index >= 15 is 0 Å². The summed E-state index contributed by atoms with van der Waals surface area (Å²) in [6.07, 6.45) is 2.51. The zero-order chi connectivity index (χ0) is 14.2. The van der Waals surface area contributed by atoms with Gasteiger partial charge in [-0.25, -0.2) is 0 Å². The molecule has 0 bridgehead atoms. The molecular formula is C15H21N3O2. The number of nitrogens with one attached hydrogen (secondary N) is 1. The topological polar surface area (TPSA) is 58.4 Å². The third-order valence-corrected chi connectivity index (χ3v) is 4.86. The first kappa shape index (κ1) is 13.5. The second-order valence-electron chi connectivity index (χ2n) is 6.21. The van der Waals surface area contributed by atoms with Crippen molar-refractivity contribution in [2.45, 2.75) is 26.3 Å². The minimum Gasteiger partial charge on any atom is -0.316 e. The molecule has 1 aromatic rings. The summed E-state index contributed by atoms with van der Waals surface area (Å²) < 4.78 is 0. The number of benzene rings is 1. The zero-order valence-electron chi connectivity index (χ0n) is 11.9. The van der Waals surface area contributed by atoms with Crippen molar-refractivity contribution >= 4 is 5.69 Å². The Balaban J connectivity index is 1.73. The van der Waals surface area contributed by atoms with Crippen LogP contribution in [0.15, 0.2) is 18.2 Å². The Morgan fingerprint density at radius 1 is 1.45 bits per heavy atom. The van der Waals surface area contributed by atoms with E-state index < -0.39 is 0 Å². The Bertz CT molecular complexity index is 524. The van der Waals surface area contributed by atoms with Crippen molar-refractivity contribution < 1.29 is 4.92 Å². The fourth-order valence-electron chi connectivity index (χ4n) is 3.59. The van der Waals surface area contributed by atoms with Crippen molar-refractivity contribution in [3.63, 3.8) is 0 Å². The van der Waals surface area contributed by atoms with Gasteiger partial charge in [0.15, 0.2) is 0 Å². The minimum atomic E-state index is -0.287. The molecule has 2 aliphatic rings. The van der Waals surface area contributed by atoms with Crippen LogP contribution in [0.4, 0.5) is 5.69 Å². The van der Waals surface area contributed by atoms with E-state index in [0.29, 0.717) is 5.41 Å². The average Bonchev–Trinajstić information content (AvgIpc) is 3.03. The molecule has 108 valence electrons. The summed E-state index contributed by atoms with van der Waals surface area (Å²) in [5.74, 6) is 0. The fraction of sp³-hybridized carbons (Fsp3) is 0.600. The van der Waals surface area contributed by atoms with Crippen LogP contribution in [-0.2, 0) is 6.54 Å².